The number of aromatic nitrogens is 2. The average molecular weight is 245 g/mol. The Morgan fingerprint density at radius 2 is 2.12 bits per heavy atom. The maximum atomic E-state index is 8.91. The third-order valence-electron chi connectivity index (χ3n) is 1.95. The van der Waals surface area contributed by atoms with Crippen LogP contribution in [0.3, 0.4) is 0 Å². The van der Waals surface area contributed by atoms with E-state index in [4.69, 9.17) is 21.4 Å². The van der Waals surface area contributed by atoms with E-state index in [1.807, 2.05) is 20.8 Å². The second-order valence-corrected chi connectivity index (χ2v) is 4.82. The summed E-state index contributed by atoms with van der Waals surface area (Å²) < 4.78 is 5.63. The highest BCUT2D eigenvalue weighted by Crippen LogP contribution is 2.15. The quantitative estimate of drug-likeness (QED) is 0.823. The number of rotatable bonds is 4. The van der Waals surface area contributed by atoms with E-state index >= 15 is 0 Å². The molecule has 1 rings (SSSR count). The molecule has 1 aromatic heterocycles. The van der Waals surface area contributed by atoms with Crippen LogP contribution >= 0.6 is 11.6 Å². The molecule has 0 amide bonds. The van der Waals surface area contributed by atoms with Gasteiger partial charge in [-0.15, -0.1) is 0 Å². The summed E-state index contributed by atoms with van der Waals surface area (Å²) in [7, 11) is 0. The van der Waals surface area contributed by atoms with E-state index in [0.29, 0.717) is 13.0 Å². The van der Waals surface area contributed by atoms with Gasteiger partial charge in [0.1, 0.15) is 0 Å². The van der Waals surface area contributed by atoms with Gasteiger partial charge in [0.05, 0.1) is 17.9 Å². The van der Waals surface area contributed by atoms with Gasteiger partial charge in [0.25, 0.3) is 0 Å². The van der Waals surface area contributed by atoms with E-state index in [0.717, 1.165) is 11.3 Å². The topological polar surface area (TPSA) is 55.2 Å². The van der Waals surface area contributed by atoms with Crippen LogP contribution in [0.25, 0.3) is 0 Å². The number of hydrogen-bond acceptors (Lipinski definition) is 4. The molecule has 0 aliphatic heterocycles. The zero-order valence-corrected chi connectivity index (χ0v) is 10.6. The van der Waals surface area contributed by atoms with Gasteiger partial charge < -0.3 is 9.84 Å². The molecule has 0 radical (unpaired) electrons. The molecule has 0 aliphatic rings. The maximum Gasteiger partial charge on any atom is 0.222 e. The van der Waals surface area contributed by atoms with Gasteiger partial charge in [-0.2, -0.15) is 0 Å². The third-order valence-corrected chi connectivity index (χ3v) is 2.13. The maximum absolute atomic E-state index is 8.91. The number of nitrogens with zero attached hydrogens (tertiary/aromatic N) is 2. The fourth-order valence-electron chi connectivity index (χ4n) is 1.16. The standard InChI is InChI=1S/C11H17ClN2O2/c1-11(2,3)16-7-9-8(4-5-15)6-13-10(12)14-9/h6,15H,4-5,7H2,1-3H3. The monoisotopic (exact) mass is 244 g/mol. The predicted octanol–water partition coefficient (Wildman–Crippen LogP) is 1.98. The molecule has 4 nitrogen and oxygen atoms in total. The molecule has 0 saturated heterocycles. The van der Waals surface area contributed by atoms with Crippen molar-refractivity contribution in [3.8, 4) is 0 Å². The highest BCUT2D eigenvalue weighted by Gasteiger charge is 2.13. The van der Waals surface area contributed by atoms with Crippen LogP contribution in [0.4, 0.5) is 0 Å². The number of ether oxygens (including phenoxy) is 1. The van der Waals surface area contributed by atoms with Crippen LogP contribution in [0.5, 0.6) is 0 Å². The molecule has 1 aromatic rings. The third kappa shape index (κ3) is 4.43. The first kappa shape index (κ1) is 13.4. The summed E-state index contributed by atoms with van der Waals surface area (Å²) in [6.45, 7) is 6.36. The van der Waals surface area contributed by atoms with E-state index in [1.54, 1.807) is 6.20 Å². The Morgan fingerprint density at radius 1 is 1.44 bits per heavy atom. The van der Waals surface area contributed by atoms with E-state index in [1.165, 1.54) is 0 Å². The van der Waals surface area contributed by atoms with Gasteiger partial charge in [0.15, 0.2) is 0 Å². The average Bonchev–Trinajstić information content (AvgIpc) is 2.17. The van der Waals surface area contributed by atoms with Crippen molar-refractivity contribution < 1.29 is 9.84 Å². The second-order valence-electron chi connectivity index (χ2n) is 4.49. The lowest BCUT2D eigenvalue weighted by molar-refractivity contribution is -0.0168. The molecule has 90 valence electrons. The molecule has 1 N–H and O–H groups in total. The highest BCUT2D eigenvalue weighted by atomic mass is 35.5. The van der Waals surface area contributed by atoms with Gasteiger partial charge in [0.2, 0.25) is 5.28 Å². The van der Waals surface area contributed by atoms with Crippen LogP contribution in [0, 0.1) is 0 Å². The Hall–Kier alpha value is -0.710. The van der Waals surface area contributed by atoms with Crippen molar-refractivity contribution >= 4 is 11.6 Å². The van der Waals surface area contributed by atoms with Crippen LogP contribution in [-0.4, -0.2) is 27.3 Å². The van der Waals surface area contributed by atoms with Gasteiger partial charge in [-0.05, 0) is 44.4 Å². The SMILES string of the molecule is CC(C)(C)OCc1nc(Cl)ncc1CCO. The number of hydrogen-bond donors (Lipinski definition) is 1. The first-order valence-corrected chi connectivity index (χ1v) is 5.55. The summed E-state index contributed by atoms with van der Waals surface area (Å²) in [4.78, 5) is 8.00. The van der Waals surface area contributed by atoms with Crippen LogP contribution in [0.1, 0.15) is 32.0 Å². The van der Waals surface area contributed by atoms with Gasteiger partial charge in [-0.25, -0.2) is 9.97 Å². The molecule has 0 bridgehead atoms. The molecule has 0 fully saturated rings. The lowest BCUT2D eigenvalue weighted by atomic mass is 10.1. The van der Waals surface area contributed by atoms with E-state index in [-0.39, 0.29) is 17.5 Å². The van der Waals surface area contributed by atoms with Gasteiger partial charge in [0, 0.05) is 12.8 Å². The van der Waals surface area contributed by atoms with Gasteiger partial charge in [-0.3, -0.25) is 0 Å². The molecule has 16 heavy (non-hydrogen) atoms. The zero-order valence-electron chi connectivity index (χ0n) is 9.83. The predicted molar refractivity (Wildman–Crippen MR) is 62.4 cm³/mol. The van der Waals surface area contributed by atoms with Gasteiger partial charge >= 0.3 is 0 Å². The molecule has 0 saturated carbocycles. The molecule has 0 aromatic carbocycles. The van der Waals surface area contributed by atoms with E-state index in [9.17, 15) is 0 Å². The normalized spacial score (nSPS) is 11.8. The van der Waals surface area contributed by atoms with E-state index in [2.05, 4.69) is 9.97 Å². The minimum atomic E-state index is -0.228. The zero-order chi connectivity index (χ0) is 12.2. The Balaban J connectivity index is 2.79. The van der Waals surface area contributed by atoms with Crippen LogP contribution < -0.4 is 0 Å². The lowest BCUT2D eigenvalue weighted by Gasteiger charge is -2.20. The van der Waals surface area contributed by atoms with Crippen LogP contribution in [0.15, 0.2) is 6.20 Å². The smallest absolute Gasteiger partial charge is 0.222 e. The first-order valence-electron chi connectivity index (χ1n) is 5.17. The fraction of sp³-hybridized carbons (Fsp3) is 0.636. The number of aliphatic hydroxyl groups is 1. The summed E-state index contributed by atoms with van der Waals surface area (Å²) in [6.07, 6.45) is 2.15. The Morgan fingerprint density at radius 3 is 2.69 bits per heavy atom. The summed E-state index contributed by atoms with van der Waals surface area (Å²) >= 11 is 5.73. The Labute approximate surface area is 101 Å². The lowest BCUT2D eigenvalue weighted by Crippen LogP contribution is -2.20. The molecule has 0 spiro atoms. The Kier molecular flexibility index (Phi) is 4.65. The van der Waals surface area contributed by atoms with Crippen molar-refractivity contribution in [2.45, 2.75) is 39.4 Å². The Bertz CT molecular complexity index is 350. The van der Waals surface area contributed by atoms with Crippen molar-refractivity contribution in [3.63, 3.8) is 0 Å². The number of aliphatic hydroxyl groups excluding tert-OH is 1. The van der Waals surface area contributed by atoms with Crippen LogP contribution in [-0.2, 0) is 17.8 Å². The fourth-order valence-corrected chi connectivity index (χ4v) is 1.31. The first-order chi connectivity index (χ1) is 7.42. The van der Waals surface area contributed by atoms with Gasteiger partial charge in [-0.1, -0.05) is 0 Å². The van der Waals surface area contributed by atoms with Crippen molar-refractivity contribution in [2.75, 3.05) is 6.61 Å². The minimum absolute atomic E-state index is 0.0630. The summed E-state index contributed by atoms with van der Waals surface area (Å²) in [6, 6.07) is 0. The summed E-state index contributed by atoms with van der Waals surface area (Å²) in [5.74, 6) is 0. The molecule has 0 aliphatic carbocycles. The highest BCUT2D eigenvalue weighted by molar-refractivity contribution is 6.28. The largest absolute Gasteiger partial charge is 0.396 e. The van der Waals surface area contributed by atoms with Crippen molar-refractivity contribution in [1.29, 1.82) is 0 Å². The summed E-state index contributed by atoms with van der Waals surface area (Å²) in [5.41, 5.74) is 1.38. The van der Waals surface area contributed by atoms with E-state index < -0.39 is 0 Å². The molecule has 1 heterocycles. The molecular formula is C11H17ClN2O2. The summed E-state index contributed by atoms with van der Waals surface area (Å²) in [5, 5.41) is 9.12. The van der Waals surface area contributed by atoms with Crippen LogP contribution in [0.2, 0.25) is 5.28 Å². The molecular weight excluding hydrogens is 228 g/mol. The molecule has 0 atom stereocenters. The molecule has 0 unspecified atom stereocenters. The molecule has 5 heteroatoms. The number of halogens is 1. The second kappa shape index (κ2) is 5.57. The van der Waals surface area contributed by atoms with Crippen molar-refractivity contribution in [2.24, 2.45) is 0 Å². The van der Waals surface area contributed by atoms with Crippen molar-refractivity contribution in [3.05, 3.63) is 22.7 Å². The minimum Gasteiger partial charge on any atom is -0.396 e. The van der Waals surface area contributed by atoms with Crippen molar-refractivity contribution in [1.82, 2.24) is 9.97 Å².